The maximum absolute atomic E-state index is 12.6. The Hall–Kier alpha value is -2.95. The van der Waals surface area contributed by atoms with Gasteiger partial charge in [0, 0.05) is 17.1 Å². The summed E-state index contributed by atoms with van der Waals surface area (Å²) in [5.74, 6) is 0.665. The van der Waals surface area contributed by atoms with Gasteiger partial charge in [-0.2, -0.15) is 0 Å². The van der Waals surface area contributed by atoms with Crippen molar-refractivity contribution in [2.24, 2.45) is 0 Å². The lowest BCUT2D eigenvalue weighted by molar-refractivity contribution is 0.0928. The van der Waals surface area contributed by atoms with Crippen LogP contribution in [0.3, 0.4) is 0 Å². The van der Waals surface area contributed by atoms with Crippen molar-refractivity contribution in [1.29, 1.82) is 0 Å². The van der Waals surface area contributed by atoms with E-state index in [2.05, 4.69) is 26.7 Å². The van der Waals surface area contributed by atoms with Crippen LogP contribution < -0.4 is 10.6 Å². The number of rotatable bonds is 4. The molecule has 0 spiro atoms. The Kier molecular flexibility index (Phi) is 4.52. The van der Waals surface area contributed by atoms with Gasteiger partial charge in [-0.25, -0.2) is 9.97 Å². The number of hydrogen-bond acceptors (Lipinski definition) is 4. The average Bonchev–Trinajstić information content (AvgIpc) is 3.14. The minimum atomic E-state index is -0.199. The summed E-state index contributed by atoms with van der Waals surface area (Å²) in [6.45, 7) is 2.05. The minimum absolute atomic E-state index is 0.199. The molecule has 1 aliphatic rings. The number of anilines is 2. The Morgan fingerprint density at radius 3 is 2.65 bits per heavy atom. The Labute approximate surface area is 152 Å². The number of aryl methyl sites for hydroxylation is 1. The van der Waals surface area contributed by atoms with E-state index in [4.69, 9.17) is 0 Å². The Morgan fingerprint density at radius 1 is 1.04 bits per heavy atom. The van der Waals surface area contributed by atoms with E-state index in [9.17, 15) is 4.79 Å². The van der Waals surface area contributed by atoms with Crippen molar-refractivity contribution < 1.29 is 4.79 Å². The summed E-state index contributed by atoms with van der Waals surface area (Å²) in [5, 5.41) is 7.31. The Morgan fingerprint density at radius 2 is 1.85 bits per heavy atom. The second kappa shape index (κ2) is 7.12. The highest BCUT2D eigenvalue weighted by atomic mass is 16.2. The van der Waals surface area contributed by atoms with Crippen LogP contribution in [0.4, 0.5) is 11.5 Å². The number of fused-ring (bicyclic) bond motifs is 1. The van der Waals surface area contributed by atoms with Gasteiger partial charge in [0.25, 0.3) is 5.91 Å². The monoisotopic (exact) mass is 346 g/mol. The van der Waals surface area contributed by atoms with Crippen LogP contribution in [-0.4, -0.2) is 21.9 Å². The van der Waals surface area contributed by atoms with E-state index < -0.39 is 0 Å². The van der Waals surface area contributed by atoms with E-state index >= 15 is 0 Å². The molecule has 5 heteroatoms. The molecular weight excluding hydrogens is 324 g/mol. The molecule has 0 unspecified atom stereocenters. The van der Waals surface area contributed by atoms with Crippen LogP contribution >= 0.6 is 0 Å². The van der Waals surface area contributed by atoms with Crippen LogP contribution in [0.2, 0.25) is 0 Å². The summed E-state index contributed by atoms with van der Waals surface area (Å²) in [5.41, 5.74) is 2.86. The topological polar surface area (TPSA) is 66.9 Å². The smallest absolute Gasteiger partial charge is 0.289 e. The molecule has 1 fully saturated rings. The first-order valence-electron chi connectivity index (χ1n) is 9.10. The van der Waals surface area contributed by atoms with Gasteiger partial charge in [-0.3, -0.25) is 4.79 Å². The molecule has 1 amide bonds. The molecule has 0 radical (unpaired) electrons. The standard InChI is InChI=1S/C21H22N4O/c1-14-7-6-10-16(13-14)22-19-17-11-4-5-12-18(17)24-20(25-19)21(26)23-15-8-2-3-9-15/h4-7,10-13,15H,2-3,8-9H2,1H3,(H,23,26)(H,22,24,25). The van der Waals surface area contributed by atoms with E-state index in [0.717, 1.165) is 35.0 Å². The third kappa shape index (κ3) is 3.52. The number of hydrogen-bond donors (Lipinski definition) is 2. The summed E-state index contributed by atoms with van der Waals surface area (Å²) in [6, 6.07) is 16.1. The molecule has 0 atom stereocenters. The number of nitrogens with one attached hydrogen (secondary N) is 2. The zero-order chi connectivity index (χ0) is 17.9. The fourth-order valence-electron chi connectivity index (χ4n) is 3.45. The number of amides is 1. The second-order valence-corrected chi connectivity index (χ2v) is 6.86. The highest BCUT2D eigenvalue weighted by molar-refractivity contribution is 5.97. The van der Waals surface area contributed by atoms with Crippen molar-refractivity contribution in [3.05, 3.63) is 59.9 Å². The summed E-state index contributed by atoms with van der Waals surface area (Å²) in [6.07, 6.45) is 4.41. The lowest BCUT2D eigenvalue weighted by Gasteiger charge is -2.13. The molecule has 0 aliphatic heterocycles. The lowest BCUT2D eigenvalue weighted by Crippen LogP contribution is -2.33. The van der Waals surface area contributed by atoms with Gasteiger partial charge in [0.15, 0.2) is 0 Å². The molecule has 1 heterocycles. The molecule has 132 valence electrons. The van der Waals surface area contributed by atoms with Gasteiger partial charge >= 0.3 is 0 Å². The van der Waals surface area contributed by atoms with Crippen LogP contribution in [0, 0.1) is 6.92 Å². The van der Waals surface area contributed by atoms with Crippen molar-refractivity contribution >= 4 is 28.3 Å². The summed E-state index contributed by atoms with van der Waals surface area (Å²) in [4.78, 5) is 21.6. The zero-order valence-corrected chi connectivity index (χ0v) is 14.8. The molecule has 1 aromatic heterocycles. The number of para-hydroxylation sites is 1. The van der Waals surface area contributed by atoms with E-state index in [1.807, 2.05) is 49.4 Å². The van der Waals surface area contributed by atoms with Gasteiger partial charge in [-0.1, -0.05) is 37.1 Å². The molecular formula is C21H22N4O. The fourth-order valence-corrected chi connectivity index (χ4v) is 3.45. The first-order chi connectivity index (χ1) is 12.7. The van der Waals surface area contributed by atoms with Crippen LogP contribution in [-0.2, 0) is 0 Å². The number of carbonyl (C=O) groups is 1. The molecule has 0 saturated heterocycles. The predicted octanol–water partition coefficient (Wildman–Crippen LogP) is 4.35. The molecule has 2 aromatic carbocycles. The van der Waals surface area contributed by atoms with Crippen molar-refractivity contribution in [2.75, 3.05) is 5.32 Å². The molecule has 1 aliphatic carbocycles. The molecule has 0 bridgehead atoms. The predicted molar refractivity (Wildman–Crippen MR) is 104 cm³/mol. The van der Waals surface area contributed by atoms with Gasteiger partial charge in [-0.05, 0) is 49.6 Å². The van der Waals surface area contributed by atoms with Crippen LogP contribution in [0.15, 0.2) is 48.5 Å². The van der Waals surface area contributed by atoms with E-state index in [1.54, 1.807) is 0 Å². The molecule has 26 heavy (non-hydrogen) atoms. The maximum atomic E-state index is 12.6. The lowest BCUT2D eigenvalue weighted by atomic mass is 10.2. The van der Waals surface area contributed by atoms with Crippen LogP contribution in [0.25, 0.3) is 10.9 Å². The molecule has 4 rings (SSSR count). The van der Waals surface area contributed by atoms with Gasteiger partial charge < -0.3 is 10.6 Å². The van der Waals surface area contributed by atoms with Gasteiger partial charge in [-0.15, -0.1) is 0 Å². The molecule has 3 aromatic rings. The highest BCUT2D eigenvalue weighted by Gasteiger charge is 2.20. The largest absolute Gasteiger partial charge is 0.347 e. The van der Waals surface area contributed by atoms with Gasteiger partial charge in [0.2, 0.25) is 5.82 Å². The zero-order valence-electron chi connectivity index (χ0n) is 14.8. The van der Waals surface area contributed by atoms with E-state index in [0.29, 0.717) is 5.82 Å². The Bertz CT molecular complexity index is 948. The highest BCUT2D eigenvalue weighted by Crippen LogP contribution is 2.24. The second-order valence-electron chi connectivity index (χ2n) is 6.86. The summed E-state index contributed by atoms with van der Waals surface area (Å²) in [7, 11) is 0. The van der Waals surface area contributed by atoms with Crippen LogP contribution in [0.5, 0.6) is 0 Å². The van der Waals surface area contributed by atoms with Gasteiger partial charge in [0.05, 0.1) is 5.52 Å². The summed E-state index contributed by atoms with van der Waals surface area (Å²) >= 11 is 0. The van der Waals surface area contributed by atoms with Crippen molar-refractivity contribution in [3.63, 3.8) is 0 Å². The van der Waals surface area contributed by atoms with Gasteiger partial charge in [0.1, 0.15) is 5.82 Å². The first-order valence-corrected chi connectivity index (χ1v) is 9.10. The molecule has 1 saturated carbocycles. The third-order valence-corrected chi connectivity index (χ3v) is 4.78. The fraction of sp³-hybridized carbons (Fsp3) is 0.286. The van der Waals surface area contributed by atoms with E-state index in [-0.39, 0.29) is 17.8 Å². The van der Waals surface area contributed by atoms with Crippen molar-refractivity contribution in [1.82, 2.24) is 15.3 Å². The average molecular weight is 346 g/mol. The number of benzene rings is 2. The Balaban J connectivity index is 1.69. The first kappa shape index (κ1) is 16.5. The van der Waals surface area contributed by atoms with Crippen molar-refractivity contribution in [2.45, 2.75) is 38.6 Å². The maximum Gasteiger partial charge on any atom is 0.289 e. The third-order valence-electron chi connectivity index (χ3n) is 4.78. The minimum Gasteiger partial charge on any atom is -0.347 e. The number of aromatic nitrogens is 2. The number of nitrogens with zero attached hydrogens (tertiary/aromatic N) is 2. The SMILES string of the molecule is Cc1cccc(Nc2nc(C(=O)NC3CCCC3)nc3ccccc23)c1. The van der Waals surface area contributed by atoms with Crippen LogP contribution in [0.1, 0.15) is 41.9 Å². The summed E-state index contributed by atoms with van der Waals surface area (Å²) < 4.78 is 0. The van der Waals surface area contributed by atoms with E-state index in [1.165, 1.54) is 12.8 Å². The van der Waals surface area contributed by atoms with Crippen molar-refractivity contribution in [3.8, 4) is 0 Å². The number of carbonyl (C=O) groups excluding carboxylic acids is 1. The molecule has 5 nitrogen and oxygen atoms in total. The quantitative estimate of drug-likeness (QED) is 0.737. The normalized spacial score (nSPS) is 14.5. The molecule has 2 N–H and O–H groups in total.